The van der Waals surface area contributed by atoms with Crippen molar-refractivity contribution in [3.63, 3.8) is 0 Å². The Morgan fingerprint density at radius 2 is 2.05 bits per heavy atom. The van der Waals surface area contributed by atoms with Crippen molar-refractivity contribution in [2.75, 3.05) is 6.54 Å². The first-order chi connectivity index (χ1) is 8.56. The number of nitrogens with two attached hydrogens (primary N) is 1. The second-order valence-electron chi connectivity index (χ2n) is 4.77. The zero-order valence-corrected chi connectivity index (χ0v) is 13.6. The molecule has 0 heterocycles. The van der Waals surface area contributed by atoms with Gasteiger partial charge in [-0.25, -0.2) is 0 Å². The van der Waals surface area contributed by atoms with Crippen LogP contribution in [0.4, 0.5) is 0 Å². The molecule has 1 aromatic rings. The van der Waals surface area contributed by atoms with E-state index >= 15 is 0 Å². The van der Waals surface area contributed by atoms with Gasteiger partial charge >= 0.3 is 0 Å². The molecule has 3 N–H and O–H groups in total. The van der Waals surface area contributed by atoms with Gasteiger partial charge in [0, 0.05) is 11.0 Å². The van der Waals surface area contributed by atoms with Gasteiger partial charge in [0.15, 0.2) is 0 Å². The van der Waals surface area contributed by atoms with Gasteiger partial charge in [0.25, 0.3) is 5.91 Å². The number of amides is 1. The summed E-state index contributed by atoms with van der Waals surface area (Å²) in [5.74, 6) is -0.139. The number of carbonyl (C=O) groups is 1. The largest absolute Gasteiger partial charge is 0.345 e. The summed E-state index contributed by atoms with van der Waals surface area (Å²) < 4.78 is 0.860. The molecule has 0 unspecified atom stereocenters. The Hall–Kier alpha value is -0.290. The zero-order chi connectivity index (χ0) is 13.2. The molecule has 2 rings (SSSR count). The highest BCUT2D eigenvalue weighted by Gasteiger charge is 2.34. The molecule has 0 bridgehead atoms. The van der Waals surface area contributed by atoms with Crippen molar-refractivity contribution >= 4 is 45.8 Å². The molecule has 1 fully saturated rings. The maximum atomic E-state index is 12.2. The summed E-state index contributed by atoms with van der Waals surface area (Å²) in [4.78, 5) is 12.2. The number of carbonyl (C=O) groups excluding carboxylic acids is 1. The summed E-state index contributed by atoms with van der Waals surface area (Å²) in [6.45, 7) is 0.479. The normalized spacial score (nSPS) is 16.8. The van der Waals surface area contributed by atoms with Gasteiger partial charge in [-0.1, -0.05) is 40.4 Å². The van der Waals surface area contributed by atoms with E-state index in [-0.39, 0.29) is 23.9 Å². The fraction of sp³-hybridized carbons (Fsp3) is 0.462. The average Bonchev–Trinajstić information content (AvgIpc) is 2.78. The lowest BCUT2D eigenvalue weighted by Gasteiger charge is -2.28. The van der Waals surface area contributed by atoms with Crippen LogP contribution in [0.15, 0.2) is 22.7 Å². The molecule has 0 atom stereocenters. The van der Waals surface area contributed by atoms with Crippen LogP contribution in [0.3, 0.4) is 0 Å². The summed E-state index contributed by atoms with van der Waals surface area (Å²) in [6, 6.07) is 5.26. The van der Waals surface area contributed by atoms with E-state index in [9.17, 15) is 4.79 Å². The average molecular weight is 368 g/mol. The van der Waals surface area contributed by atoms with E-state index < -0.39 is 0 Å². The minimum atomic E-state index is -0.243. The zero-order valence-electron chi connectivity index (χ0n) is 10.4. The Balaban J connectivity index is 0.00000180. The molecule has 3 nitrogen and oxygen atoms in total. The van der Waals surface area contributed by atoms with Crippen LogP contribution in [-0.4, -0.2) is 18.0 Å². The van der Waals surface area contributed by atoms with Crippen LogP contribution in [-0.2, 0) is 0 Å². The number of benzene rings is 1. The molecule has 1 amide bonds. The molecule has 1 aromatic carbocycles. The second-order valence-corrected chi connectivity index (χ2v) is 6.09. The molecule has 19 heavy (non-hydrogen) atoms. The lowest BCUT2D eigenvalue weighted by molar-refractivity contribution is 0.0903. The van der Waals surface area contributed by atoms with Crippen LogP contribution < -0.4 is 11.1 Å². The predicted octanol–water partition coefficient (Wildman–Crippen LogP) is 3.53. The molecule has 0 spiro atoms. The first-order valence-electron chi connectivity index (χ1n) is 6.04. The molecular weight excluding hydrogens is 351 g/mol. The van der Waals surface area contributed by atoms with Gasteiger partial charge in [-0.05, 0) is 31.0 Å². The fourth-order valence-corrected chi connectivity index (χ4v) is 3.17. The van der Waals surface area contributed by atoms with Crippen molar-refractivity contribution in [2.24, 2.45) is 5.73 Å². The number of rotatable bonds is 3. The van der Waals surface area contributed by atoms with Crippen molar-refractivity contribution in [1.29, 1.82) is 0 Å². The third kappa shape index (κ3) is 3.85. The van der Waals surface area contributed by atoms with Crippen molar-refractivity contribution in [3.05, 3.63) is 33.3 Å². The van der Waals surface area contributed by atoms with Gasteiger partial charge < -0.3 is 11.1 Å². The molecule has 0 aromatic heterocycles. The molecule has 106 valence electrons. The lowest BCUT2D eigenvalue weighted by atomic mass is 9.97. The van der Waals surface area contributed by atoms with E-state index in [1.165, 1.54) is 0 Å². The van der Waals surface area contributed by atoms with Crippen LogP contribution in [0.1, 0.15) is 36.0 Å². The highest BCUT2D eigenvalue weighted by molar-refractivity contribution is 9.10. The quantitative estimate of drug-likeness (QED) is 0.858. The fourth-order valence-electron chi connectivity index (χ4n) is 2.41. The maximum absolute atomic E-state index is 12.2. The number of hydrogen-bond acceptors (Lipinski definition) is 2. The predicted molar refractivity (Wildman–Crippen MR) is 84.1 cm³/mol. The summed E-state index contributed by atoms with van der Waals surface area (Å²) >= 11 is 9.40. The molecular formula is C13H17BrCl2N2O. The topological polar surface area (TPSA) is 55.1 Å². The van der Waals surface area contributed by atoms with Gasteiger partial charge in [0.2, 0.25) is 0 Å². The number of halogens is 3. The van der Waals surface area contributed by atoms with Crippen molar-refractivity contribution in [2.45, 2.75) is 31.2 Å². The van der Waals surface area contributed by atoms with Crippen LogP contribution in [0.5, 0.6) is 0 Å². The van der Waals surface area contributed by atoms with Crippen molar-refractivity contribution < 1.29 is 4.79 Å². The smallest absolute Gasteiger partial charge is 0.253 e. The molecule has 1 aliphatic carbocycles. The van der Waals surface area contributed by atoms with Crippen molar-refractivity contribution in [3.8, 4) is 0 Å². The lowest BCUT2D eigenvalue weighted by Crippen LogP contribution is -2.51. The van der Waals surface area contributed by atoms with E-state index in [2.05, 4.69) is 21.2 Å². The second kappa shape index (κ2) is 6.93. The molecule has 6 heteroatoms. The number of hydrogen-bond donors (Lipinski definition) is 2. The van der Waals surface area contributed by atoms with Crippen LogP contribution in [0.2, 0.25) is 5.02 Å². The van der Waals surface area contributed by atoms with Gasteiger partial charge in [-0.15, -0.1) is 12.4 Å². The summed E-state index contributed by atoms with van der Waals surface area (Å²) in [5, 5.41) is 3.51. The minimum Gasteiger partial charge on any atom is -0.345 e. The summed E-state index contributed by atoms with van der Waals surface area (Å²) in [6.07, 6.45) is 4.13. The number of nitrogens with one attached hydrogen (secondary N) is 1. The van der Waals surface area contributed by atoms with E-state index in [1.807, 2.05) is 6.07 Å². The van der Waals surface area contributed by atoms with E-state index in [1.54, 1.807) is 12.1 Å². The Kier molecular flexibility index (Phi) is 6.12. The minimum absolute atomic E-state index is 0. The third-order valence-electron chi connectivity index (χ3n) is 3.51. The van der Waals surface area contributed by atoms with Gasteiger partial charge in [0.1, 0.15) is 0 Å². The van der Waals surface area contributed by atoms with Gasteiger partial charge in [-0.2, -0.15) is 0 Å². The Bertz CT molecular complexity index is 462. The first-order valence-corrected chi connectivity index (χ1v) is 7.21. The van der Waals surface area contributed by atoms with Crippen LogP contribution in [0.25, 0.3) is 0 Å². The SMILES string of the molecule is Cl.NCC1(NC(=O)c2ccc(Br)cc2Cl)CCCC1. The molecule has 0 radical (unpaired) electrons. The highest BCUT2D eigenvalue weighted by Crippen LogP contribution is 2.29. The van der Waals surface area contributed by atoms with E-state index in [0.717, 1.165) is 30.2 Å². The molecule has 1 aliphatic rings. The Labute approximate surface area is 132 Å². The molecule has 0 saturated heterocycles. The summed E-state index contributed by atoms with van der Waals surface area (Å²) in [5.41, 5.74) is 6.06. The third-order valence-corrected chi connectivity index (χ3v) is 4.31. The van der Waals surface area contributed by atoms with Crippen LogP contribution in [0, 0.1) is 0 Å². The molecule has 0 aliphatic heterocycles. The monoisotopic (exact) mass is 366 g/mol. The Morgan fingerprint density at radius 1 is 1.42 bits per heavy atom. The van der Waals surface area contributed by atoms with E-state index in [4.69, 9.17) is 17.3 Å². The first kappa shape index (κ1) is 16.8. The Morgan fingerprint density at radius 3 is 2.58 bits per heavy atom. The van der Waals surface area contributed by atoms with Gasteiger partial charge in [0.05, 0.1) is 16.1 Å². The van der Waals surface area contributed by atoms with Crippen LogP contribution >= 0.6 is 39.9 Å². The van der Waals surface area contributed by atoms with Gasteiger partial charge in [-0.3, -0.25) is 4.79 Å². The van der Waals surface area contributed by atoms with E-state index in [0.29, 0.717) is 17.1 Å². The maximum Gasteiger partial charge on any atom is 0.253 e. The molecule has 1 saturated carbocycles. The highest BCUT2D eigenvalue weighted by atomic mass is 79.9. The summed E-state index contributed by atoms with van der Waals surface area (Å²) in [7, 11) is 0. The van der Waals surface area contributed by atoms with Crippen molar-refractivity contribution in [1.82, 2.24) is 5.32 Å². The standard InChI is InChI=1S/C13H16BrClN2O.ClH/c14-9-3-4-10(11(15)7-9)12(18)17-13(8-16)5-1-2-6-13;/h3-4,7H,1-2,5-6,8,16H2,(H,17,18);1H.